The third-order valence-electron chi connectivity index (χ3n) is 8.58. The van der Waals surface area contributed by atoms with Crippen molar-refractivity contribution in [2.24, 2.45) is 11.3 Å². The van der Waals surface area contributed by atoms with Crippen LogP contribution in [0.3, 0.4) is 0 Å². The first-order valence-electron chi connectivity index (χ1n) is 14.3. The van der Waals surface area contributed by atoms with Crippen molar-refractivity contribution in [2.75, 3.05) is 0 Å². The SMILES string of the molecule is Cc1coc(C[C@]2(Cc3cnn4cc([C@@H](NC(=O)c5nonc5C)C5CCC(F)(F)CC5)nc4c3)C[C@@H](C(F)(F)F)NC2=O)n1. The third-order valence-corrected chi connectivity index (χ3v) is 8.58. The molecule has 0 spiro atoms. The van der Waals surface area contributed by atoms with Crippen LogP contribution in [0, 0.1) is 25.2 Å². The summed E-state index contributed by atoms with van der Waals surface area (Å²) in [7, 11) is 0. The average molecular weight is 637 g/mol. The fourth-order valence-corrected chi connectivity index (χ4v) is 6.23. The second-order valence-electron chi connectivity index (χ2n) is 12.0. The normalized spacial score (nSPS) is 22.9. The summed E-state index contributed by atoms with van der Waals surface area (Å²) in [6.07, 6.45) is -1.57. The van der Waals surface area contributed by atoms with E-state index in [4.69, 9.17) is 4.42 Å². The molecule has 12 nitrogen and oxygen atoms in total. The first-order chi connectivity index (χ1) is 21.2. The molecule has 4 aromatic rings. The Kier molecular flexibility index (Phi) is 7.59. The number of alkyl halides is 5. The standard InChI is InChI=1S/C28H29F5N8O4/c1-14-13-44-21(35-14)10-26(9-19(28(31,32)33)37-25(26)43)8-16-7-20-36-18(12-41(20)34-11-16)23(17-3-5-27(29,30)6-4-17)38-24(42)22-15(2)39-45-40-22/h7,11-13,17,19,23H,3-6,8-10H2,1-2H3,(H,37,43)(H,38,42)/t19-,23-,26-/m0/s1. The molecule has 0 unspecified atom stereocenters. The van der Waals surface area contributed by atoms with E-state index in [0.717, 1.165) is 0 Å². The molecule has 240 valence electrons. The topological polar surface area (TPSA) is 153 Å². The zero-order chi connectivity index (χ0) is 32.1. The van der Waals surface area contributed by atoms with Crippen molar-refractivity contribution in [2.45, 2.75) is 83.0 Å². The number of carbonyl (C=O) groups excluding carboxylic acids is 2. The molecule has 17 heteroatoms. The van der Waals surface area contributed by atoms with Gasteiger partial charge in [0.2, 0.25) is 11.8 Å². The molecule has 2 fully saturated rings. The highest BCUT2D eigenvalue weighted by molar-refractivity contribution is 5.93. The lowest BCUT2D eigenvalue weighted by atomic mass is 9.76. The molecule has 45 heavy (non-hydrogen) atoms. The summed E-state index contributed by atoms with van der Waals surface area (Å²) in [6, 6.07) is -1.23. The molecule has 2 N–H and O–H groups in total. The van der Waals surface area contributed by atoms with Gasteiger partial charge in [0, 0.05) is 19.3 Å². The summed E-state index contributed by atoms with van der Waals surface area (Å²) < 4.78 is 80.5. The maximum atomic E-state index is 14.0. The van der Waals surface area contributed by atoms with Crippen LogP contribution in [-0.2, 0) is 17.6 Å². The van der Waals surface area contributed by atoms with Gasteiger partial charge in [-0.25, -0.2) is 27.9 Å². The Hall–Kier alpha value is -4.44. The monoisotopic (exact) mass is 636 g/mol. The van der Waals surface area contributed by atoms with E-state index in [0.29, 0.717) is 17.0 Å². The number of hydrogen-bond donors (Lipinski definition) is 2. The molecule has 3 atom stereocenters. The molecule has 1 saturated heterocycles. The fraction of sp³-hybridized carbons (Fsp3) is 0.536. The molecule has 6 rings (SSSR count). The Balaban J connectivity index is 1.31. The van der Waals surface area contributed by atoms with E-state index >= 15 is 0 Å². The van der Waals surface area contributed by atoms with Crippen molar-refractivity contribution >= 4 is 17.5 Å². The maximum Gasteiger partial charge on any atom is 0.408 e. The fourth-order valence-electron chi connectivity index (χ4n) is 6.23. The van der Waals surface area contributed by atoms with Crippen molar-refractivity contribution < 1.29 is 40.6 Å². The Bertz CT molecular complexity index is 1720. The summed E-state index contributed by atoms with van der Waals surface area (Å²) in [5, 5.41) is 16.5. The van der Waals surface area contributed by atoms with Crippen molar-refractivity contribution in [1.29, 1.82) is 0 Å². The highest BCUT2D eigenvalue weighted by Gasteiger charge is 2.56. The van der Waals surface area contributed by atoms with Crippen molar-refractivity contribution in [3.63, 3.8) is 0 Å². The lowest BCUT2D eigenvalue weighted by Crippen LogP contribution is -2.39. The lowest BCUT2D eigenvalue weighted by Gasteiger charge is -2.33. The van der Waals surface area contributed by atoms with E-state index in [2.05, 4.69) is 40.6 Å². The van der Waals surface area contributed by atoms with Crippen LogP contribution in [0.4, 0.5) is 22.0 Å². The molecule has 0 radical (unpaired) electrons. The van der Waals surface area contributed by atoms with E-state index in [1.807, 2.05) is 0 Å². The van der Waals surface area contributed by atoms with E-state index in [1.54, 1.807) is 19.2 Å². The summed E-state index contributed by atoms with van der Waals surface area (Å²) >= 11 is 0. The van der Waals surface area contributed by atoms with Gasteiger partial charge in [-0.1, -0.05) is 5.16 Å². The van der Waals surface area contributed by atoms with Crippen LogP contribution in [0.15, 0.2) is 33.8 Å². The quantitative estimate of drug-likeness (QED) is 0.271. The molecule has 0 aromatic carbocycles. The minimum absolute atomic E-state index is 0.0520. The summed E-state index contributed by atoms with van der Waals surface area (Å²) in [6.45, 7) is 3.20. The molecular formula is C28H29F5N8O4. The van der Waals surface area contributed by atoms with Crippen LogP contribution in [0.25, 0.3) is 5.65 Å². The second-order valence-corrected chi connectivity index (χ2v) is 12.0. The Morgan fingerprint density at radius 2 is 1.93 bits per heavy atom. The smallest absolute Gasteiger partial charge is 0.408 e. The number of hydrogen-bond acceptors (Lipinski definition) is 9. The molecule has 0 bridgehead atoms. The first kappa shape index (κ1) is 30.6. The maximum absolute atomic E-state index is 14.0. The average Bonchev–Trinajstić information content (AvgIpc) is 3.75. The predicted octanol–water partition coefficient (Wildman–Crippen LogP) is 4.24. The van der Waals surface area contributed by atoms with Gasteiger partial charge in [0.1, 0.15) is 18.0 Å². The summed E-state index contributed by atoms with van der Waals surface area (Å²) in [5.74, 6) is -4.44. The molecule has 1 aliphatic carbocycles. The highest BCUT2D eigenvalue weighted by Crippen LogP contribution is 2.43. The van der Waals surface area contributed by atoms with Gasteiger partial charge < -0.3 is 15.1 Å². The molecule has 1 saturated carbocycles. The summed E-state index contributed by atoms with van der Waals surface area (Å²) in [4.78, 5) is 35.0. The first-order valence-corrected chi connectivity index (χ1v) is 14.3. The number of rotatable bonds is 8. The van der Waals surface area contributed by atoms with Crippen LogP contribution >= 0.6 is 0 Å². The van der Waals surface area contributed by atoms with Crippen molar-refractivity contribution in [1.82, 2.24) is 40.5 Å². The van der Waals surface area contributed by atoms with E-state index < -0.39 is 47.8 Å². The number of aromatic nitrogens is 6. The van der Waals surface area contributed by atoms with Crippen molar-refractivity contribution in [3.05, 3.63) is 59.0 Å². The molecule has 5 heterocycles. The highest BCUT2D eigenvalue weighted by atomic mass is 19.4. The van der Waals surface area contributed by atoms with Gasteiger partial charge >= 0.3 is 6.18 Å². The van der Waals surface area contributed by atoms with Gasteiger partial charge in [-0.05, 0) is 62.2 Å². The number of halogens is 5. The van der Waals surface area contributed by atoms with Gasteiger partial charge in [-0.15, -0.1) is 0 Å². The molecule has 1 aliphatic heterocycles. The van der Waals surface area contributed by atoms with E-state index in [-0.39, 0.29) is 67.4 Å². The number of oxazole rings is 1. The van der Waals surface area contributed by atoms with Gasteiger partial charge in [0.25, 0.3) is 5.91 Å². The van der Waals surface area contributed by atoms with Crippen molar-refractivity contribution in [3.8, 4) is 0 Å². The molecular weight excluding hydrogens is 607 g/mol. The van der Waals surface area contributed by atoms with Gasteiger partial charge in [-0.3, -0.25) is 9.59 Å². The van der Waals surface area contributed by atoms with E-state index in [9.17, 15) is 31.5 Å². The van der Waals surface area contributed by atoms with Crippen LogP contribution in [0.2, 0.25) is 0 Å². The second kappa shape index (κ2) is 11.2. The zero-order valence-corrected chi connectivity index (χ0v) is 24.2. The van der Waals surface area contributed by atoms with Crippen LogP contribution in [-0.4, -0.2) is 59.9 Å². The van der Waals surface area contributed by atoms with E-state index in [1.165, 1.54) is 23.9 Å². The minimum atomic E-state index is -4.65. The minimum Gasteiger partial charge on any atom is -0.449 e. The molecule has 4 aromatic heterocycles. The third kappa shape index (κ3) is 6.24. The Labute approximate surface area is 252 Å². The number of nitrogens with zero attached hydrogens (tertiary/aromatic N) is 6. The predicted molar refractivity (Wildman–Crippen MR) is 143 cm³/mol. The van der Waals surface area contributed by atoms with Gasteiger partial charge in [0.05, 0.1) is 35.2 Å². The van der Waals surface area contributed by atoms with Crippen LogP contribution in [0.1, 0.15) is 77.2 Å². The van der Waals surface area contributed by atoms with Crippen LogP contribution in [0.5, 0.6) is 0 Å². The number of amides is 2. The van der Waals surface area contributed by atoms with Crippen LogP contribution < -0.4 is 10.6 Å². The molecule has 2 amide bonds. The number of aryl methyl sites for hydroxylation is 2. The largest absolute Gasteiger partial charge is 0.449 e. The Morgan fingerprint density at radius 3 is 2.56 bits per heavy atom. The molecule has 2 aliphatic rings. The lowest BCUT2D eigenvalue weighted by molar-refractivity contribution is -0.155. The van der Waals surface area contributed by atoms with Gasteiger partial charge in [0.15, 0.2) is 17.2 Å². The number of fused-ring (bicyclic) bond motifs is 1. The number of carbonyl (C=O) groups is 2. The summed E-state index contributed by atoms with van der Waals surface area (Å²) in [5.41, 5.74) is 0.262. The van der Waals surface area contributed by atoms with Gasteiger partial charge in [-0.2, -0.15) is 18.3 Å². The Morgan fingerprint density at radius 1 is 1.18 bits per heavy atom. The number of imidazole rings is 1. The number of nitrogens with one attached hydrogen (secondary N) is 2. The zero-order valence-electron chi connectivity index (χ0n) is 24.2.